The predicted octanol–water partition coefficient (Wildman–Crippen LogP) is 2.31. The van der Waals surface area contributed by atoms with E-state index in [0.29, 0.717) is 6.04 Å². The average molecular weight is 254 g/mol. The molecule has 0 aromatic rings. The van der Waals surface area contributed by atoms with Crippen LogP contribution in [-0.2, 0) is 0 Å². The molecule has 2 aliphatic rings. The molecule has 0 spiro atoms. The summed E-state index contributed by atoms with van der Waals surface area (Å²) in [6.07, 6.45) is 10.7. The van der Waals surface area contributed by atoms with Crippen molar-refractivity contribution in [1.82, 2.24) is 10.6 Å². The van der Waals surface area contributed by atoms with E-state index in [4.69, 9.17) is 0 Å². The van der Waals surface area contributed by atoms with Gasteiger partial charge in [0.25, 0.3) is 0 Å². The van der Waals surface area contributed by atoms with Crippen LogP contribution in [0.1, 0.15) is 64.2 Å². The fourth-order valence-electron chi connectivity index (χ4n) is 3.10. The van der Waals surface area contributed by atoms with Crippen molar-refractivity contribution in [3.05, 3.63) is 0 Å². The molecule has 104 valence electrons. The van der Waals surface area contributed by atoms with Crippen molar-refractivity contribution in [3.8, 4) is 0 Å². The first-order chi connectivity index (χ1) is 8.75. The lowest BCUT2D eigenvalue weighted by atomic mass is 9.93. The van der Waals surface area contributed by atoms with Crippen LogP contribution in [0.3, 0.4) is 0 Å². The van der Waals surface area contributed by atoms with Crippen LogP contribution in [0.4, 0.5) is 4.79 Å². The Morgan fingerprint density at radius 2 is 1.44 bits per heavy atom. The van der Waals surface area contributed by atoms with Gasteiger partial charge in [-0.2, -0.15) is 0 Å². The summed E-state index contributed by atoms with van der Waals surface area (Å²) < 4.78 is 0. The zero-order valence-electron chi connectivity index (χ0n) is 11.2. The predicted molar refractivity (Wildman–Crippen MR) is 71.4 cm³/mol. The average Bonchev–Trinajstić information content (AvgIpc) is 2.61. The lowest BCUT2D eigenvalue weighted by Crippen LogP contribution is -2.51. The fraction of sp³-hybridized carbons (Fsp3) is 0.929. The van der Waals surface area contributed by atoms with E-state index in [1.807, 2.05) is 0 Å². The molecule has 2 atom stereocenters. The first-order valence-corrected chi connectivity index (χ1v) is 7.51. The molecule has 2 unspecified atom stereocenters. The third-order valence-electron chi connectivity index (χ3n) is 4.24. The minimum Gasteiger partial charge on any atom is -0.391 e. The molecule has 2 saturated carbocycles. The van der Waals surface area contributed by atoms with Gasteiger partial charge < -0.3 is 15.7 Å². The summed E-state index contributed by atoms with van der Waals surface area (Å²) in [5.74, 6) is 0. The van der Waals surface area contributed by atoms with Gasteiger partial charge in [0.2, 0.25) is 0 Å². The highest BCUT2D eigenvalue weighted by molar-refractivity contribution is 5.74. The largest absolute Gasteiger partial charge is 0.391 e. The summed E-state index contributed by atoms with van der Waals surface area (Å²) in [6, 6.07) is 0.186. The molecule has 0 bridgehead atoms. The van der Waals surface area contributed by atoms with Gasteiger partial charge in [-0.15, -0.1) is 0 Å². The molecule has 2 fully saturated rings. The molecule has 0 aromatic heterocycles. The number of urea groups is 1. The van der Waals surface area contributed by atoms with E-state index in [9.17, 15) is 9.90 Å². The lowest BCUT2D eigenvalue weighted by molar-refractivity contribution is 0.0939. The van der Waals surface area contributed by atoms with E-state index < -0.39 is 0 Å². The van der Waals surface area contributed by atoms with Gasteiger partial charge in [0.05, 0.1) is 12.1 Å². The topological polar surface area (TPSA) is 61.4 Å². The number of aliphatic hydroxyl groups is 1. The lowest BCUT2D eigenvalue weighted by Gasteiger charge is -2.29. The van der Waals surface area contributed by atoms with Crippen LogP contribution in [0.25, 0.3) is 0 Å². The number of nitrogens with one attached hydrogen (secondary N) is 2. The fourth-order valence-corrected chi connectivity index (χ4v) is 3.10. The molecule has 0 aromatic carbocycles. The van der Waals surface area contributed by atoms with E-state index in [-0.39, 0.29) is 18.2 Å². The first-order valence-electron chi connectivity index (χ1n) is 7.51. The number of aliphatic hydroxyl groups excluding tert-OH is 1. The third kappa shape index (κ3) is 4.16. The number of carbonyl (C=O) groups excluding carboxylic acids is 1. The molecule has 0 saturated heterocycles. The van der Waals surface area contributed by atoms with Crippen LogP contribution in [0.15, 0.2) is 0 Å². The molecule has 0 radical (unpaired) electrons. The van der Waals surface area contributed by atoms with Gasteiger partial charge in [-0.3, -0.25) is 0 Å². The summed E-state index contributed by atoms with van der Waals surface area (Å²) in [7, 11) is 0. The van der Waals surface area contributed by atoms with Gasteiger partial charge in [-0.05, 0) is 25.7 Å². The molecular formula is C14H26N2O2. The molecule has 2 amide bonds. The number of carbonyl (C=O) groups is 1. The van der Waals surface area contributed by atoms with Gasteiger partial charge in [0, 0.05) is 6.04 Å². The van der Waals surface area contributed by atoms with Gasteiger partial charge >= 0.3 is 6.03 Å². The zero-order chi connectivity index (χ0) is 12.8. The van der Waals surface area contributed by atoms with E-state index in [1.54, 1.807) is 0 Å². The second kappa shape index (κ2) is 6.98. The van der Waals surface area contributed by atoms with Gasteiger partial charge in [0.1, 0.15) is 0 Å². The standard InChI is InChI=1S/C14H26N2O2/c17-13-10-6-5-9-12(13)16-14(18)15-11-7-3-1-2-4-8-11/h11-13,17H,1-10H2,(H2,15,16,18). The number of hydrogen-bond donors (Lipinski definition) is 3. The Morgan fingerprint density at radius 1 is 0.833 bits per heavy atom. The van der Waals surface area contributed by atoms with Crippen molar-refractivity contribution in [1.29, 1.82) is 0 Å². The van der Waals surface area contributed by atoms with Crippen molar-refractivity contribution in [2.75, 3.05) is 0 Å². The monoisotopic (exact) mass is 254 g/mol. The minimum absolute atomic E-state index is 0.0514. The van der Waals surface area contributed by atoms with Crippen LogP contribution in [0.5, 0.6) is 0 Å². The Morgan fingerprint density at radius 3 is 2.11 bits per heavy atom. The molecule has 18 heavy (non-hydrogen) atoms. The zero-order valence-corrected chi connectivity index (χ0v) is 11.2. The Balaban J connectivity index is 1.73. The summed E-state index contributed by atoms with van der Waals surface area (Å²) in [5.41, 5.74) is 0. The van der Waals surface area contributed by atoms with Crippen molar-refractivity contribution in [2.24, 2.45) is 0 Å². The van der Waals surface area contributed by atoms with Crippen molar-refractivity contribution in [3.63, 3.8) is 0 Å². The van der Waals surface area contributed by atoms with E-state index in [0.717, 1.165) is 38.5 Å². The maximum atomic E-state index is 11.9. The summed E-state index contributed by atoms with van der Waals surface area (Å²) in [5, 5.41) is 15.8. The van der Waals surface area contributed by atoms with Crippen LogP contribution < -0.4 is 10.6 Å². The quantitative estimate of drug-likeness (QED) is 0.662. The maximum absolute atomic E-state index is 11.9. The Kier molecular flexibility index (Phi) is 5.29. The molecule has 4 heteroatoms. The molecule has 0 heterocycles. The van der Waals surface area contributed by atoms with Crippen LogP contribution in [-0.4, -0.2) is 29.3 Å². The maximum Gasteiger partial charge on any atom is 0.315 e. The normalized spacial score (nSPS) is 30.5. The SMILES string of the molecule is O=C(NC1CCCCCC1)NC1CCCCC1O. The van der Waals surface area contributed by atoms with Gasteiger partial charge in [0.15, 0.2) is 0 Å². The van der Waals surface area contributed by atoms with Crippen LogP contribution in [0.2, 0.25) is 0 Å². The summed E-state index contributed by atoms with van der Waals surface area (Å²) in [4.78, 5) is 11.9. The molecular weight excluding hydrogens is 228 g/mol. The van der Waals surface area contributed by atoms with Gasteiger partial charge in [-0.25, -0.2) is 4.79 Å². The highest BCUT2D eigenvalue weighted by atomic mass is 16.3. The highest BCUT2D eigenvalue weighted by Gasteiger charge is 2.25. The second-order valence-corrected chi connectivity index (χ2v) is 5.76. The van der Waals surface area contributed by atoms with E-state index in [1.165, 1.54) is 25.7 Å². The van der Waals surface area contributed by atoms with Crippen molar-refractivity contribution >= 4 is 6.03 Å². The Hall–Kier alpha value is -0.770. The first kappa shape index (κ1) is 13.7. The second-order valence-electron chi connectivity index (χ2n) is 5.76. The molecule has 2 aliphatic carbocycles. The Labute approximate surface area is 110 Å². The highest BCUT2D eigenvalue weighted by Crippen LogP contribution is 2.19. The molecule has 3 N–H and O–H groups in total. The van der Waals surface area contributed by atoms with Crippen LogP contribution >= 0.6 is 0 Å². The summed E-state index contributed by atoms with van der Waals surface area (Å²) in [6.45, 7) is 0. The number of amides is 2. The van der Waals surface area contributed by atoms with E-state index in [2.05, 4.69) is 10.6 Å². The smallest absolute Gasteiger partial charge is 0.315 e. The molecule has 4 nitrogen and oxygen atoms in total. The molecule has 2 rings (SSSR count). The minimum atomic E-state index is -0.362. The van der Waals surface area contributed by atoms with Crippen molar-refractivity contribution in [2.45, 2.75) is 82.4 Å². The van der Waals surface area contributed by atoms with Gasteiger partial charge in [-0.1, -0.05) is 38.5 Å². The van der Waals surface area contributed by atoms with Crippen molar-refractivity contribution < 1.29 is 9.90 Å². The third-order valence-corrected chi connectivity index (χ3v) is 4.24. The van der Waals surface area contributed by atoms with Crippen LogP contribution in [0, 0.1) is 0 Å². The van der Waals surface area contributed by atoms with E-state index >= 15 is 0 Å². The summed E-state index contributed by atoms with van der Waals surface area (Å²) >= 11 is 0. The molecule has 0 aliphatic heterocycles. The number of rotatable bonds is 2. The number of hydrogen-bond acceptors (Lipinski definition) is 2. The Bertz CT molecular complexity index is 263.